The molecule has 0 aliphatic carbocycles. The van der Waals surface area contributed by atoms with E-state index in [0.717, 1.165) is 18.4 Å². The van der Waals surface area contributed by atoms with Crippen molar-refractivity contribution in [2.45, 2.75) is 44.3 Å². The Bertz CT molecular complexity index is 887. The molecule has 32 heavy (non-hydrogen) atoms. The molecule has 0 bridgehead atoms. The third kappa shape index (κ3) is 7.18. The molecule has 0 saturated carbocycles. The van der Waals surface area contributed by atoms with E-state index in [0.29, 0.717) is 31.5 Å². The molecule has 1 fully saturated rings. The number of benzene rings is 2. The van der Waals surface area contributed by atoms with E-state index in [2.05, 4.69) is 5.32 Å². The number of likely N-dealkylation sites (tertiary alicyclic amines) is 1. The van der Waals surface area contributed by atoms with Gasteiger partial charge in [0.2, 0.25) is 11.8 Å². The van der Waals surface area contributed by atoms with Crippen molar-refractivity contribution >= 4 is 17.8 Å². The summed E-state index contributed by atoms with van der Waals surface area (Å²) in [5.41, 5.74) is 13.1. The van der Waals surface area contributed by atoms with Crippen LogP contribution in [0.3, 0.4) is 0 Å². The topological polar surface area (TPSA) is 139 Å². The highest BCUT2D eigenvalue weighted by Crippen LogP contribution is 2.19. The molecular weight excluding hydrogens is 408 g/mol. The minimum atomic E-state index is -0.904. The van der Waals surface area contributed by atoms with Gasteiger partial charge in [0.1, 0.15) is 6.04 Å². The van der Waals surface area contributed by atoms with Crippen molar-refractivity contribution in [3.63, 3.8) is 0 Å². The molecule has 0 spiro atoms. The summed E-state index contributed by atoms with van der Waals surface area (Å²) in [7, 11) is 1.75. The predicted molar refractivity (Wildman–Crippen MR) is 123 cm³/mol. The lowest BCUT2D eigenvalue weighted by atomic mass is 10.0. The Morgan fingerprint density at radius 1 is 1.09 bits per heavy atom. The number of carbonyl (C=O) groups is 3. The number of amides is 2. The van der Waals surface area contributed by atoms with Crippen molar-refractivity contribution in [2.75, 3.05) is 13.6 Å². The van der Waals surface area contributed by atoms with Gasteiger partial charge in [-0.25, -0.2) is 4.79 Å². The van der Waals surface area contributed by atoms with Gasteiger partial charge in [-0.2, -0.15) is 0 Å². The number of likely N-dealkylation sites (N-methyl/N-ethyl adjacent to an activating group) is 1. The van der Waals surface area contributed by atoms with Crippen molar-refractivity contribution in [2.24, 2.45) is 11.5 Å². The smallest absolute Gasteiger partial charge is 0.326 e. The molecule has 8 nitrogen and oxygen atoms in total. The second-order valence-corrected chi connectivity index (χ2v) is 7.66. The average molecular weight is 441 g/mol. The van der Waals surface area contributed by atoms with Gasteiger partial charge < -0.3 is 26.8 Å². The molecule has 172 valence electrons. The molecule has 1 heterocycles. The van der Waals surface area contributed by atoms with Crippen molar-refractivity contribution < 1.29 is 19.5 Å². The summed E-state index contributed by atoms with van der Waals surface area (Å²) < 4.78 is 0. The largest absolute Gasteiger partial charge is 0.480 e. The van der Waals surface area contributed by atoms with Crippen LogP contribution in [-0.4, -0.2) is 53.5 Å². The zero-order chi connectivity index (χ0) is 23.5. The first kappa shape index (κ1) is 25.0. The van der Waals surface area contributed by atoms with Crippen LogP contribution >= 0.6 is 0 Å². The van der Waals surface area contributed by atoms with Gasteiger partial charge in [-0.05, 0) is 56.0 Å². The number of hydrogen-bond acceptors (Lipinski definition) is 5. The predicted octanol–water partition coefficient (Wildman–Crippen LogP) is 1.53. The van der Waals surface area contributed by atoms with Crippen LogP contribution in [0.5, 0.6) is 0 Å². The van der Waals surface area contributed by atoms with Gasteiger partial charge in [-0.15, -0.1) is 0 Å². The summed E-state index contributed by atoms with van der Waals surface area (Å²) in [6.07, 6.45) is 2.78. The lowest BCUT2D eigenvalue weighted by Crippen LogP contribution is -2.49. The summed E-state index contributed by atoms with van der Waals surface area (Å²) in [5, 5.41) is 12.2. The maximum Gasteiger partial charge on any atom is 0.326 e. The lowest BCUT2D eigenvalue weighted by molar-refractivity contribution is -0.149. The number of nitrogens with one attached hydrogen (secondary N) is 1. The van der Waals surface area contributed by atoms with E-state index in [1.165, 1.54) is 10.5 Å². The summed E-state index contributed by atoms with van der Waals surface area (Å²) in [5.74, 6) is -1.41. The molecule has 1 aliphatic heterocycles. The molecule has 1 aliphatic rings. The summed E-state index contributed by atoms with van der Waals surface area (Å²) in [6.45, 7) is 1.03. The molecule has 0 radical (unpaired) electrons. The number of aryl methyl sites for hydroxylation is 1. The number of nitrogens with two attached hydrogens (primary N) is 2. The number of primary amides is 1. The number of rotatable bonds is 8. The Hall–Kier alpha value is -3.23. The Morgan fingerprint density at radius 3 is 2.28 bits per heavy atom. The Balaban J connectivity index is 0.000000278. The SMILES string of the molecule is CNC(CCc1ccccc1)C(=O)N1CCCC1C(=O)O.NCc1ccc(C(N)=O)cc1. The standard InChI is InChI=1S/C16H22N2O3.C8H10N2O/c1-17-13(10-9-12-6-3-2-4-7-12)15(19)18-11-5-8-14(18)16(20)21;9-5-6-1-3-7(4-2-6)8(10)11/h2-4,6-7,13-14,17H,5,8-11H2,1H3,(H,20,21);1-4H,5,9H2,(H2,10,11). The van der Waals surface area contributed by atoms with E-state index in [1.807, 2.05) is 30.3 Å². The van der Waals surface area contributed by atoms with Crippen LogP contribution in [0, 0.1) is 0 Å². The highest BCUT2D eigenvalue weighted by molar-refractivity contribution is 5.92. The molecule has 3 rings (SSSR count). The normalized spacial score (nSPS) is 16.1. The maximum absolute atomic E-state index is 12.5. The number of carboxylic acid groups (broad SMARTS) is 1. The number of nitrogens with zero attached hydrogens (tertiary/aromatic N) is 1. The van der Waals surface area contributed by atoms with E-state index < -0.39 is 17.9 Å². The third-order valence-electron chi connectivity index (χ3n) is 5.51. The molecule has 2 unspecified atom stereocenters. The van der Waals surface area contributed by atoms with E-state index in [4.69, 9.17) is 11.5 Å². The number of carboxylic acids is 1. The number of hydrogen-bond donors (Lipinski definition) is 4. The Labute approximate surface area is 188 Å². The van der Waals surface area contributed by atoms with Gasteiger partial charge in [0, 0.05) is 18.7 Å². The van der Waals surface area contributed by atoms with Gasteiger partial charge in [0.15, 0.2) is 0 Å². The average Bonchev–Trinajstić information content (AvgIpc) is 3.31. The number of aliphatic carboxylic acids is 1. The molecule has 2 aromatic carbocycles. The molecule has 2 aromatic rings. The first-order valence-corrected chi connectivity index (χ1v) is 10.7. The molecular formula is C24H32N4O4. The lowest BCUT2D eigenvalue weighted by Gasteiger charge is -2.26. The second kappa shape index (κ2) is 12.6. The van der Waals surface area contributed by atoms with Gasteiger partial charge in [0.05, 0.1) is 6.04 Å². The third-order valence-corrected chi connectivity index (χ3v) is 5.51. The van der Waals surface area contributed by atoms with Crippen molar-refractivity contribution in [1.29, 1.82) is 0 Å². The fourth-order valence-corrected chi connectivity index (χ4v) is 3.64. The Kier molecular flexibility index (Phi) is 9.84. The highest BCUT2D eigenvalue weighted by atomic mass is 16.4. The van der Waals surface area contributed by atoms with Gasteiger partial charge in [0.25, 0.3) is 0 Å². The van der Waals surface area contributed by atoms with Crippen LogP contribution in [0.15, 0.2) is 54.6 Å². The molecule has 6 N–H and O–H groups in total. The van der Waals surface area contributed by atoms with Gasteiger partial charge in [-0.1, -0.05) is 42.5 Å². The maximum atomic E-state index is 12.5. The minimum Gasteiger partial charge on any atom is -0.480 e. The summed E-state index contributed by atoms with van der Waals surface area (Å²) in [4.78, 5) is 35.8. The second-order valence-electron chi connectivity index (χ2n) is 7.66. The first-order valence-electron chi connectivity index (χ1n) is 10.7. The molecule has 2 atom stereocenters. The van der Waals surface area contributed by atoms with Crippen LogP contribution in [0.25, 0.3) is 0 Å². The fourth-order valence-electron chi connectivity index (χ4n) is 3.64. The molecule has 8 heteroatoms. The quantitative estimate of drug-likeness (QED) is 0.491. The van der Waals surface area contributed by atoms with Crippen LogP contribution < -0.4 is 16.8 Å². The van der Waals surface area contributed by atoms with Crippen LogP contribution in [-0.2, 0) is 22.6 Å². The molecule has 1 saturated heterocycles. The monoisotopic (exact) mass is 440 g/mol. The van der Waals surface area contributed by atoms with E-state index in [9.17, 15) is 19.5 Å². The van der Waals surface area contributed by atoms with E-state index in [-0.39, 0.29) is 11.9 Å². The summed E-state index contributed by atoms with van der Waals surface area (Å²) >= 11 is 0. The van der Waals surface area contributed by atoms with Gasteiger partial charge >= 0.3 is 5.97 Å². The molecule has 2 amide bonds. The van der Waals surface area contributed by atoms with Gasteiger partial charge in [-0.3, -0.25) is 9.59 Å². The first-order chi connectivity index (χ1) is 15.4. The van der Waals surface area contributed by atoms with E-state index in [1.54, 1.807) is 31.3 Å². The van der Waals surface area contributed by atoms with Crippen molar-refractivity contribution in [3.8, 4) is 0 Å². The van der Waals surface area contributed by atoms with Crippen molar-refractivity contribution in [1.82, 2.24) is 10.2 Å². The highest BCUT2D eigenvalue weighted by Gasteiger charge is 2.36. The van der Waals surface area contributed by atoms with Crippen LogP contribution in [0.2, 0.25) is 0 Å². The zero-order valence-electron chi connectivity index (χ0n) is 18.4. The van der Waals surface area contributed by atoms with Crippen LogP contribution in [0.1, 0.15) is 40.7 Å². The van der Waals surface area contributed by atoms with Crippen molar-refractivity contribution in [3.05, 3.63) is 71.3 Å². The Morgan fingerprint density at radius 2 is 1.75 bits per heavy atom. The number of carbonyl (C=O) groups excluding carboxylic acids is 2. The summed E-state index contributed by atoms with van der Waals surface area (Å²) in [6, 6.07) is 15.9. The molecule has 0 aromatic heterocycles. The minimum absolute atomic E-state index is 0.0988. The zero-order valence-corrected chi connectivity index (χ0v) is 18.4. The van der Waals surface area contributed by atoms with E-state index >= 15 is 0 Å². The van der Waals surface area contributed by atoms with Crippen LogP contribution in [0.4, 0.5) is 0 Å². The fraction of sp³-hybridized carbons (Fsp3) is 0.375.